The van der Waals surface area contributed by atoms with Gasteiger partial charge >= 0.3 is 11.7 Å². The Hall–Kier alpha value is -3.28. The van der Waals surface area contributed by atoms with Crippen LogP contribution >= 0.6 is 0 Å². The number of nitrogens with two attached hydrogens (primary N) is 2. The van der Waals surface area contributed by atoms with Gasteiger partial charge in [-0.3, -0.25) is 19.6 Å². The Morgan fingerprint density at radius 1 is 0.975 bits per heavy atom. The first-order valence-electron chi connectivity index (χ1n) is 14.4. The number of carbonyl (C=O) groups is 2. The third-order valence-corrected chi connectivity index (χ3v) is 8.44. The molecule has 2 aliphatic heterocycles. The summed E-state index contributed by atoms with van der Waals surface area (Å²) in [5.74, 6) is 0.0632. The molecule has 2 unspecified atom stereocenters. The van der Waals surface area contributed by atoms with Gasteiger partial charge in [-0.2, -0.15) is 4.98 Å². The van der Waals surface area contributed by atoms with E-state index in [1.807, 2.05) is 6.07 Å². The number of hydrogen-bond donors (Lipinski definition) is 3. The lowest BCUT2D eigenvalue weighted by Crippen LogP contribution is -2.58. The number of likely N-dealkylation sites (tertiary alicyclic amines) is 1. The van der Waals surface area contributed by atoms with Crippen LogP contribution in [0.5, 0.6) is 0 Å². The van der Waals surface area contributed by atoms with Crippen molar-refractivity contribution in [1.82, 2.24) is 24.3 Å². The van der Waals surface area contributed by atoms with E-state index in [0.717, 1.165) is 50.9 Å². The van der Waals surface area contributed by atoms with Gasteiger partial charge in [0.2, 0.25) is 5.91 Å². The van der Waals surface area contributed by atoms with Crippen LogP contribution in [0.1, 0.15) is 50.7 Å². The summed E-state index contributed by atoms with van der Waals surface area (Å²) in [4.78, 5) is 48.1. The molecule has 5 N–H and O–H groups in total. The van der Waals surface area contributed by atoms with E-state index in [4.69, 9.17) is 11.5 Å². The molecule has 2 aromatic rings. The molecule has 3 amide bonds. The number of fused-ring (bicyclic) bond motifs is 1. The highest BCUT2D eigenvalue weighted by atomic mass is 16.2. The summed E-state index contributed by atoms with van der Waals surface area (Å²) >= 11 is 0. The van der Waals surface area contributed by atoms with Gasteiger partial charge in [0, 0.05) is 44.5 Å². The second-order valence-corrected chi connectivity index (χ2v) is 12.0. The minimum Gasteiger partial charge on any atom is -0.338 e. The summed E-state index contributed by atoms with van der Waals surface area (Å²) in [7, 11) is 0. The number of hydrogen-bond acceptors (Lipinski definition) is 7. The SMILES string of the molecule is CC(C)(N)C(=O)N1CCN(C(=O)Nc2ccn(-c3ccc4c(c3)CCC(N3CCCC(N)CC3)C4)c(=O)n2)CC1. The van der Waals surface area contributed by atoms with Gasteiger partial charge in [-0.1, -0.05) is 6.07 Å². The number of anilines is 1. The number of amides is 3. The standard InChI is InChI=1S/C29H42N8O3/c1-29(2,31)26(38)35-14-16-36(17-15-35)27(39)32-25-10-13-37(28(40)33-25)24-8-6-20-18-23(7-5-21(20)19-24)34-11-3-4-22(30)9-12-34/h6,8,10,13,19,22-23H,3-5,7,9,11-12,14-18,30-31H2,1-2H3,(H,32,33,39,40). The molecular weight excluding hydrogens is 508 g/mol. The topological polar surface area (TPSA) is 143 Å². The van der Waals surface area contributed by atoms with Gasteiger partial charge < -0.3 is 21.3 Å². The normalized spacial score (nSPS) is 22.4. The zero-order valence-electron chi connectivity index (χ0n) is 23.6. The Bertz CT molecular complexity index is 1290. The highest BCUT2D eigenvalue weighted by Crippen LogP contribution is 2.28. The van der Waals surface area contributed by atoms with Crippen LogP contribution in [0.4, 0.5) is 10.6 Å². The van der Waals surface area contributed by atoms with Crippen LogP contribution in [-0.2, 0) is 17.6 Å². The van der Waals surface area contributed by atoms with Crippen LogP contribution in [0.25, 0.3) is 5.69 Å². The molecule has 40 heavy (non-hydrogen) atoms. The van der Waals surface area contributed by atoms with Gasteiger partial charge in [0.25, 0.3) is 0 Å². The summed E-state index contributed by atoms with van der Waals surface area (Å²) in [5.41, 5.74) is 14.1. The molecular formula is C29H42N8O3. The first-order valence-corrected chi connectivity index (χ1v) is 14.4. The van der Waals surface area contributed by atoms with Crippen molar-refractivity contribution in [2.24, 2.45) is 11.5 Å². The maximum Gasteiger partial charge on any atom is 0.354 e. The van der Waals surface area contributed by atoms with E-state index in [1.54, 1.807) is 35.9 Å². The van der Waals surface area contributed by atoms with Crippen LogP contribution in [0, 0.1) is 0 Å². The Kier molecular flexibility index (Phi) is 8.25. The van der Waals surface area contributed by atoms with Crippen LogP contribution in [0.3, 0.4) is 0 Å². The second-order valence-electron chi connectivity index (χ2n) is 12.0. The van der Waals surface area contributed by atoms with E-state index in [0.29, 0.717) is 38.3 Å². The van der Waals surface area contributed by atoms with Gasteiger partial charge in [0.05, 0.1) is 11.2 Å². The minimum absolute atomic E-state index is 0.137. The smallest absolute Gasteiger partial charge is 0.338 e. The molecule has 2 atom stereocenters. The maximum atomic E-state index is 12.9. The number of urea groups is 1. The van der Waals surface area contributed by atoms with Crippen molar-refractivity contribution in [2.45, 2.75) is 70.0 Å². The molecule has 2 fully saturated rings. The van der Waals surface area contributed by atoms with E-state index in [-0.39, 0.29) is 17.8 Å². The van der Waals surface area contributed by atoms with Gasteiger partial charge in [-0.25, -0.2) is 9.59 Å². The number of aromatic nitrogens is 2. The summed E-state index contributed by atoms with van der Waals surface area (Å²) in [6, 6.07) is 8.37. The molecule has 2 saturated heterocycles. The number of benzene rings is 1. The third kappa shape index (κ3) is 6.37. The quantitative estimate of drug-likeness (QED) is 0.521. The van der Waals surface area contributed by atoms with Crippen molar-refractivity contribution in [3.63, 3.8) is 0 Å². The number of aryl methyl sites for hydroxylation is 1. The van der Waals surface area contributed by atoms with Crippen molar-refractivity contribution in [3.8, 4) is 5.69 Å². The first kappa shape index (κ1) is 28.3. The van der Waals surface area contributed by atoms with Gasteiger partial charge in [-0.15, -0.1) is 0 Å². The van der Waals surface area contributed by atoms with Gasteiger partial charge in [0.15, 0.2) is 0 Å². The summed E-state index contributed by atoms with van der Waals surface area (Å²) < 4.78 is 1.51. The van der Waals surface area contributed by atoms with E-state index in [2.05, 4.69) is 27.3 Å². The Balaban J connectivity index is 1.19. The molecule has 5 rings (SSSR count). The lowest BCUT2D eigenvalue weighted by Gasteiger charge is -2.37. The number of nitrogens with zero attached hydrogens (tertiary/aromatic N) is 5. The number of nitrogens with one attached hydrogen (secondary N) is 1. The molecule has 1 aromatic carbocycles. The number of rotatable bonds is 4. The Morgan fingerprint density at radius 2 is 1.73 bits per heavy atom. The molecule has 1 aromatic heterocycles. The maximum absolute atomic E-state index is 12.9. The van der Waals surface area contributed by atoms with Crippen LogP contribution in [0.15, 0.2) is 35.3 Å². The van der Waals surface area contributed by atoms with Crippen molar-refractivity contribution in [2.75, 3.05) is 44.6 Å². The third-order valence-electron chi connectivity index (χ3n) is 8.44. The molecule has 1 aliphatic carbocycles. The van der Waals surface area contributed by atoms with Crippen molar-refractivity contribution >= 4 is 17.8 Å². The highest BCUT2D eigenvalue weighted by molar-refractivity contribution is 5.89. The first-order chi connectivity index (χ1) is 19.1. The lowest BCUT2D eigenvalue weighted by atomic mass is 9.87. The molecule has 0 bridgehead atoms. The molecule has 0 spiro atoms. The minimum atomic E-state index is -0.944. The zero-order chi connectivity index (χ0) is 28.4. The number of carbonyl (C=O) groups excluding carboxylic acids is 2. The fraction of sp³-hybridized carbons (Fsp3) is 0.586. The molecule has 11 heteroatoms. The van der Waals surface area contributed by atoms with E-state index >= 15 is 0 Å². The molecule has 11 nitrogen and oxygen atoms in total. The van der Waals surface area contributed by atoms with Crippen LogP contribution in [0.2, 0.25) is 0 Å². The Labute approximate surface area is 235 Å². The van der Waals surface area contributed by atoms with Gasteiger partial charge in [-0.05, 0) is 94.8 Å². The second kappa shape index (κ2) is 11.7. The molecule has 216 valence electrons. The average Bonchev–Trinajstić information content (AvgIpc) is 3.16. The predicted octanol–water partition coefficient (Wildman–Crippen LogP) is 1.32. The van der Waals surface area contributed by atoms with Crippen LogP contribution < -0.4 is 22.5 Å². The van der Waals surface area contributed by atoms with E-state index in [1.165, 1.54) is 22.1 Å². The predicted molar refractivity (Wildman–Crippen MR) is 154 cm³/mol. The van der Waals surface area contributed by atoms with Crippen LogP contribution in [-0.4, -0.2) is 93.1 Å². The largest absolute Gasteiger partial charge is 0.354 e. The molecule has 3 aliphatic rings. The van der Waals surface area contributed by atoms with E-state index < -0.39 is 11.2 Å². The molecule has 0 radical (unpaired) electrons. The van der Waals surface area contributed by atoms with Crippen molar-refractivity contribution < 1.29 is 9.59 Å². The van der Waals surface area contributed by atoms with Gasteiger partial charge in [0.1, 0.15) is 5.82 Å². The fourth-order valence-corrected chi connectivity index (χ4v) is 6.07. The zero-order valence-corrected chi connectivity index (χ0v) is 23.6. The monoisotopic (exact) mass is 550 g/mol. The summed E-state index contributed by atoms with van der Waals surface area (Å²) in [5, 5.41) is 2.72. The highest BCUT2D eigenvalue weighted by Gasteiger charge is 2.31. The summed E-state index contributed by atoms with van der Waals surface area (Å²) in [6.45, 7) is 7.13. The molecule has 0 saturated carbocycles. The average molecular weight is 551 g/mol. The number of piperazine rings is 1. The molecule has 3 heterocycles. The van der Waals surface area contributed by atoms with Crippen molar-refractivity contribution in [1.29, 1.82) is 0 Å². The van der Waals surface area contributed by atoms with E-state index in [9.17, 15) is 14.4 Å². The van der Waals surface area contributed by atoms with Crippen molar-refractivity contribution in [3.05, 3.63) is 52.1 Å². The summed E-state index contributed by atoms with van der Waals surface area (Å²) in [6.07, 6.45) is 8.11. The fourth-order valence-electron chi connectivity index (χ4n) is 6.07. The Morgan fingerprint density at radius 3 is 2.45 bits per heavy atom. The lowest BCUT2D eigenvalue weighted by molar-refractivity contribution is -0.137.